The van der Waals surface area contributed by atoms with Crippen molar-refractivity contribution in [3.05, 3.63) is 53.6 Å². The van der Waals surface area contributed by atoms with Gasteiger partial charge in [-0.2, -0.15) is 0 Å². The Morgan fingerprint density at radius 3 is 2.39 bits per heavy atom. The second kappa shape index (κ2) is 10.7. The number of piperidine rings is 1. The van der Waals surface area contributed by atoms with Gasteiger partial charge in [-0.25, -0.2) is 0 Å². The number of ether oxygens (including phenoxy) is 3. The molecule has 166 valence electrons. The van der Waals surface area contributed by atoms with Gasteiger partial charge in [-0.3, -0.25) is 9.59 Å². The summed E-state index contributed by atoms with van der Waals surface area (Å²) in [6, 6.07) is 12.9. The third-order valence-corrected chi connectivity index (χ3v) is 5.53. The Kier molecular flexibility index (Phi) is 7.76. The predicted octanol–water partition coefficient (Wildman–Crippen LogP) is 3.07. The van der Waals surface area contributed by atoms with Crippen molar-refractivity contribution in [1.82, 2.24) is 10.2 Å². The summed E-state index contributed by atoms with van der Waals surface area (Å²) in [5, 5.41) is 3.05. The molecule has 0 unspecified atom stereocenters. The zero-order valence-electron chi connectivity index (χ0n) is 18.3. The average molecular weight is 427 g/mol. The second-order valence-electron chi connectivity index (χ2n) is 7.45. The van der Waals surface area contributed by atoms with Crippen LogP contribution in [0.4, 0.5) is 0 Å². The van der Waals surface area contributed by atoms with Gasteiger partial charge < -0.3 is 24.4 Å². The van der Waals surface area contributed by atoms with Gasteiger partial charge in [-0.05, 0) is 49.1 Å². The molecule has 31 heavy (non-hydrogen) atoms. The number of para-hydroxylation sites is 1. The zero-order valence-corrected chi connectivity index (χ0v) is 18.3. The molecular formula is C24H30N2O5. The lowest BCUT2D eigenvalue weighted by Crippen LogP contribution is -2.47. The molecule has 0 radical (unpaired) electrons. The van der Waals surface area contributed by atoms with Gasteiger partial charge in [0.05, 0.1) is 14.2 Å². The first kappa shape index (κ1) is 22.5. The normalized spacial score (nSPS) is 14.1. The fraction of sp³-hybridized carbons (Fsp3) is 0.417. The van der Waals surface area contributed by atoms with Crippen LogP contribution in [0.1, 0.15) is 35.7 Å². The number of amides is 2. The van der Waals surface area contributed by atoms with E-state index in [1.165, 1.54) is 7.11 Å². The lowest BCUT2D eigenvalue weighted by atomic mass is 10.0. The summed E-state index contributed by atoms with van der Waals surface area (Å²) in [6.07, 6.45) is 2.27. The fourth-order valence-electron chi connectivity index (χ4n) is 3.69. The molecule has 0 saturated carbocycles. The SMILES string of the molecule is CCc1ccccc1OCC(=O)N1CCC(NC(=O)c2ccc(OC)c(OC)c2)CC1. The number of carbonyl (C=O) groups excluding carboxylic acids is 2. The third-order valence-electron chi connectivity index (χ3n) is 5.53. The van der Waals surface area contributed by atoms with E-state index in [0.717, 1.165) is 17.7 Å². The molecule has 1 aliphatic rings. The van der Waals surface area contributed by atoms with Crippen LogP contribution >= 0.6 is 0 Å². The quantitative estimate of drug-likeness (QED) is 0.702. The standard InChI is InChI=1S/C24H30N2O5/c1-4-17-7-5-6-8-20(17)31-16-23(27)26-13-11-19(12-14-26)25-24(28)18-9-10-21(29-2)22(15-18)30-3/h5-10,15,19H,4,11-14,16H2,1-3H3,(H,25,28). The van der Waals surface area contributed by atoms with Crippen LogP contribution < -0.4 is 19.5 Å². The smallest absolute Gasteiger partial charge is 0.260 e. The largest absolute Gasteiger partial charge is 0.493 e. The molecule has 1 N–H and O–H groups in total. The molecule has 1 aliphatic heterocycles. The molecule has 0 spiro atoms. The summed E-state index contributed by atoms with van der Waals surface area (Å²) in [5.41, 5.74) is 1.60. The first-order valence-corrected chi connectivity index (χ1v) is 10.6. The van der Waals surface area contributed by atoms with Crippen LogP contribution in [0.5, 0.6) is 17.2 Å². The number of methoxy groups -OCH3 is 2. The zero-order chi connectivity index (χ0) is 22.2. The minimum Gasteiger partial charge on any atom is -0.493 e. The predicted molar refractivity (Wildman–Crippen MR) is 118 cm³/mol. The van der Waals surface area contributed by atoms with E-state index in [1.54, 1.807) is 30.2 Å². The van der Waals surface area contributed by atoms with Crippen LogP contribution in [0, 0.1) is 0 Å². The molecule has 1 saturated heterocycles. The van der Waals surface area contributed by atoms with E-state index in [4.69, 9.17) is 14.2 Å². The highest BCUT2D eigenvalue weighted by Crippen LogP contribution is 2.27. The van der Waals surface area contributed by atoms with Gasteiger partial charge in [0.15, 0.2) is 18.1 Å². The van der Waals surface area contributed by atoms with Crippen LogP contribution in [-0.4, -0.2) is 56.7 Å². The highest BCUT2D eigenvalue weighted by atomic mass is 16.5. The van der Waals surface area contributed by atoms with Crippen molar-refractivity contribution in [2.24, 2.45) is 0 Å². The van der Waals surface area contributed by atoms with Crippen LogP contribution in [-0.2, 0) is 11.2 Å². The lowest BCUT2D eigenvalue weighted by molar-refractivity contribution is -0.134. The number of hydrogen-bond acceptors (Lipinski definition) is 5. The molecule has 1 fully saturated rings. The van der Waals surface area contributed by atoms with Gasteiger partial charge in [-0.1, -0.05) is 25.1 Å². The van der Waals surface area contributed by atoms with Crippen molar-refractivity contribution < 1.29 is 23.8 Å². The maximum atomic E-state index is 12.6. The Balaban J connectivity index is 1.48. The number of nitrogens with one attached hydrogen (secondary N) is 1. The van der Waals surface area contributed by atoms with Gasteiger partial charge in [-0.15, -0.1) is 0 Å². The van der Waals surface area contributed by atoms with Gasteiger partial charge in [0.1, 0.15) is 5.75 Å². The maximum Gasteiger partial charge on any atom is 0.260 e. The Labute approximate surface area is 183 Å². The van der Waals surface area contributed by atoms with E-state index >= 15 is 0 Å². The molecule has 7 nitrogen and oxygen atoms in total. The maximum absolute atomic E-state index is 12.6. The minimum atomic E-state index is -0.162. The molecule has 0 aliphatic carbocycles. The van der Waals surface area contributed by atoms with Crippen molar-refractivity contribution in [3.8, 4) is 17.2 Å². The molecule has 2 amide bonds. The van der Waals surface area contributed by atoms with Crippen LogP contribution in [0.2, 0.25) is 0 Å². The number of rotatable bonds is 8. The summed E-state index contributed by atoms with van der Waals surface area (Å²) >= 11 is 0. The molecule has 0 atom stereocenters. The van der Waals surface area contributed by atoms with Crippen LogP contribution in [0.15, 0.2) is 42.5 Å². The van der Waals surface area contributed by atoms with Gasteiger partial charge >= 0.3 is 0 Å². The van der Waals surface area contributed by atoms with E-state index < -0.39 is 0 Å². The first-order chi connectivity index (χ1) is 15.0. The van der Waals surface area contributed by atoms with E-state index in [1.807, 2.05) is 24.3 Å². The van der Waals surface area contributed by atoms with Crippen molar-refractivity contribution in [1.29, 1.82) is 0 Å². The van der Waals surface area contributed by atoms with Gasteiger partial charge in [0.2, 0.25) is 0 Å². The van der Waals surface area contributed by atoms with Crippen molar-refractivity contribution in [3.63, 3.8) is 0 Å². The lowest BCUT2D eigenvalue weighted by Gasteiger charge is -2.32. The fourth-order valence-corrected chi connectivity index (χ4v) is 3.69. The molecule has 2 aromatic carbocycles. The Hall–Kier alpha value is -3.22. The highest BCUT2D eigenvalue weighted by Gasteiger charge is 2.25. The Morgan fingerprint density at radius 1 is 1.00 bits per heavy atom. The molecule has 2 aromatic rings. The summed E-state index contributed by atoms with van der Waals surface area (Å²) in [4.78, 5) is 26.9. The monoisotopic (exact) mass is 426 g/mol. The summed E-state index contributed by atoms with van der Waals surface area (Å²) in [5.74, 6) is 1.66. The average Bonchev–Trinajstić information content (AvgIpc) is 2.82. The first-order valence-electron chi connectivity index (χ1n) is 10.6. The molecule has 3 rings (SSSR count). The summed E-state index contributed by atoms with van der Waals surface area (Å²) in [6.45, 7) is 3.27. The Bertz CT molecular complexity index is 907. The van der Waals surface area contributed by atoms with E-state index in [0.29, 0.717) is 43.0 Å². The molecule has 0 aromatic heterocycles. The van der Waals surface area contributed by atoms with Crippen molar-refractivity contribution >= 4 is 11.8 Å². The minimum absolute atomic E-state index is 0.0198. The van der Waals surface area contributed by atoms with Gasteiger partial charge in [0.25, 0.3) is 11.8 Å². The third kappa shape index (κ3) is 5.69. The molecular weight excluding hydrogens is 396 g/mol. The van der Waals surface area contributed by atoms with Gasteiger partial charge in [0, 0.05) is 24.7 Å². The number of nitrogens with zero attached hydrogens (tertiary/aromatic N) is 1. The van der Waals surface area contributed by atoms with E-state index in [2.05, 4.69) is 12.2 Å². The summed E-state index contributed by atoms with van der Waals surface area (Å²) < 4.78 is 16.2. The van der Waals surface area contributed by atoms with Crippen molar-refractivity contribution in [2.45, 2.75) is 32.2 Å². The van der Waals surface area contributed by atoms with Crippen LogP contribution in [0.25, 0.3) is 0 Å². The number of benzene rings is 2. The summed E-state index contributed by atoms with van der Waals surface area (Å²) in [7, 11) is 3.09. The van der Waals surface area contributed by atoms with E-state index in [9.17, 15) is 9.59 Å². The number of carbonyl (C=O) groups is 2. The van der Waals surface area contributed by atoms with Crippen LogP contribution in [0.3, 0.4) is 0 Å². The molecule has 0 bridgehead atoms. The number of aryl methyl sites for hydroxylation is 1. The molecule has 1 heterocycles. The molecule has 7 heteroatoms. The topological polar surface area (TPSA) is 77.1 Å². The Morgan fingerprint density at radius 2 is 1.71 bits per heavy atom. The second-order valence-corrected chi connectivity index (χ2v) is 7.45. The van der Waals surface area contributed by atoms with Crippen molar-refractivity contribution in [2.75, 3.05) is 33.9 Å². The van der Waals surface area contributed by atoms with E-state index in [-0.39, 0.29) is 24.5 Å². The number of likely N-dealkylation sites (tertiary alicyclic amines) is 1. The number of hydrogen-bond donors (Lipinski definition) is 1. The highest BCUT2D eigenvalue weighted by molar-refractivity contribution is 5.95.